The van der Waals surface area contributed by atoms with Crippen LogP contribution in [0.3, 0.4) is 0 Å². The Kier molecular flexibility index (Phi) is 4.83. The SMILES string of the molecule is CCCC(O)CCc1cccc(C)c1C. The van der Waals surface area contributed by atoms with E-state index in [1.54, 1.807) is 0 Å². The molecule has 0 amide bonds. The number of benzene rings is 1. The molecule has 1 atom stereocenters. The molecule has 0 heterocycles. The van der Waals surface area contributed by atoms with Crippen LogP contribution in [0, 0.1) is 13.8 Å². The van der Waals surface area contributed by atoms with Crippen molar-refractivity contribution in [2.45, 2.75) is 52.6 Å². The summed E-state index contributed by atoms with van der Waals surface area (Å²) < 4.78 is 0. The van der Waals surface area contributed by atoms with Gasteiger partial charge in [-0.1, -0.05) is 31.5 Å². The van der Waals surface area contributed by atoms with Crippen molar-refractivity contribution in [3.8, 4) is 0 Å². The van der Waals surface area contributed by atoms with Crippen molar-refractivity contribution in [3.05, 3.63) is 34.9 Å². The molecule has 0 aliphatic heterocycles. The van der Waals surface area contributed by atoms with Gasteiger partial charge >= 0.3 is 0 Å². The van der Waals surface area contributed by atoms with E-state index in [0.29, 0.717) is 0 Å². The normalized spacial score (nSPS) is 12.8. The van der Waals surface area contributed by atoms with Crippen LogP contribution < -0.4 is 0 Å². The summed E-state index contributed by atoms with van der Waals surface area (Å²) in [7, 11) is 0. The van der Waals surface area contributed by atoms with Gasteiger partial charge < -0.3 is 5.11 Å². The fourth-order valence-electron chi connectivity index (χ4n) is 1.88. The highest BCUT2D eigenvalue weighted by molar-refractivity contribution is 5.33. The van der Waals surface area contributed by atoms with Crippen LogP contribution in [0.15, 0.2) is 18.2 Å². The molecule has 1 aromatic rings. The first-order chi connectivity index (χ1) is 7.15. The zero-order chi connectivity index (χ0) is 11.3. The summed E-state index contributed by atoms with van der Waals surface area (Å²) in [6, 6.07) is 6.41. The van der Waals surface area contributed by atoms with Crippen molar-refractivity contribution < 1.29 is 5.11 Å². The lowest BCUT2D eigenvalue weighted by molar-refractivity contribution is 0.154. The minimum atomic E-state index is -0.130. The molecule has 0 aliphatic rings. The van der Waals surface area contributed by atoms with Crippen LogP contribution in [-0.2, 0) is 6.42 Å². The van der Waals surface area contributed by atoms with Gasteiger partial charge in [0.1, 0.15) is 0 Å². The first-order valence-electron chi connectivity index (χ1n) is 5.88. The van der Waals surface area contributed by atoms with E-state index in [-0.39, 0.29) is 6.10 Å². The van der Waals surface area contributed by atoms with Crippen LogP contribution in [0.2, 0.25) is 0 Å². The molecular formula is C14H22O. The largest absolute Gasteiger partial charge is 0.393 e. The van der Waals surface area contributed by atoms with E-state index in [1.165, 1.54) is 16.7 Å². The predicted molar refractivity (Wildman–Crippen MR) is 65.2 cm³/mol. The molecule has 0 aromatic heterocycles. The number of aliphatic hydroxyl groups excluding tert-OH is 1. The fraction of sp³-hybridized carbons (Fsp3) is 0.571. The molecule has 0 saturated heterocycles. The lowest BCUT2D eigenvalue weighted by Crippen LogP contribution is -2.07. The molecule has 0 spiro atoms. The molecule has 0 aliphatic carbocycles. The van der Waals surface area contributed by atoms with Crippen molar-refractivity contribution >= 4 is 0 Å². The number of aryl methyl sites for hydroxylation is 2. The molecule has 15 heavy (non-hydrogen) atoms. The summed E-state index contributed by atoms with van der Waals surface area (Å²) >= 11 is 0. The van der Waals surface area contributed by atoms with Crippen LogP contribution in [0.4, 0.5) is 0 Å². The Balaban J connectivity index is 2.54. The molecule has 84 valence electrons. The Hall–Kier alpha value is -0.820. The Morgan fingerprint density at radius 3 is 2.60 bits per heavy atom. The topological polar surface area (TPSA) is 20.2 Å². The maximum atomic E-state index is 9.67. The van der Waals surface area contributed by atoms with Crippen molar-refractivity contribution in [1.82, 2.24) is 0 Å². The number of rotatable bonds is 5. The average Bonchev–Trinajstić information content (AvgIpc) is 2.21. The van der Waals surface area contributed by atoms with Gasteiger partial charge in [-0.3, -0.25) is 0 Å². The van der Waals surface area contributed by atoms with Gasteiger partial charge in [0.25, 0.3) is 0 Å². The first-order valence-corrected chi connectivity index (χ1v) is 5.88. The second kappa shape index (κ2) is 5.92. The van der Waals surface area contributed by atoms with E-state index in [2.05, 4.69) is 39.0 Å². The lowest BCUT2D eigenvalue weighted by atomic mass is 9.97. The fourth-order valence-corrected chi connectivity index (χ4v) is 1.88. The van der Waals surface area contributed by atoms with Crippen molar-refractivity contribution in [2.75, 3.05) is 0 Å². The van der Waals surface area contributed by atoms with Gasteiger partial charge in [-0.15, -0.1) is 0 Å². The summed E-state index contributed by atoms with van der Waals surface area (Å²) in [5, 5.41) is 9.67. The third-order valence-corrected chi connectivity index (χ3v) is 3.09. The Morgan fingerprint density at radius 1 is 1.20 bits per heavy atom. The monoisotopic (exact) mass is 206 g/mol. The van der Waals surface area contributed by atoms with Crippen LogP contribution in [0.25, 0.3) is 0 Å². The first kappa shape index (κ1) is 12.3. The van der Waals surface area contributed by atoms with Gasteiger partial charge in [0.05, 0.1) is 6.10 Å². The van der Waals surface area contributed by atoms with Crippen LogP contribution in [-0.4, -0.2) is 11.2 Å². The number of aliphatic hydroxyl groups is 1. The molecule has 0 saturated carbocycles. The van der Waals surface area contributed by atoms with Gasteiger partial charge in [-0.2, -0.15) is 0 Å². The van der Waals surface area contributed by atoms with E-state index in [0.717, 1.165) is 25.7 Å². The molecular weight excluding hydrogens is 184 g/mol. The molecule has 1 nitrogen and oxygen atoms in total. The maximum Gasteiger partial charge on any atom is 0.0543 e. The zero-order valence-electron chi connectivity index (χ0n) is 10.1. The van der Waals surface area contributed by atoms with E-state index < -0.39 is 0 Å². The smallest absolute Gasteiger partial charge is 0.0543 e. The number of hydrogen-bond acceptors (Lipinski definition) is 1. The Bertz CT molecular complexity index is 304. The van der Waals surface area contributed by atoms with E-state index in [1.807, 2.05) is 0 Å². The van der Waals surface area contributed by atoms with E-state index in [4.69, 9.17) is 0 Å². The molecule has 1 rings (SSSR count). The zero-order valence-corrected chi connectivity index (χ0v) is 10.1. The van der Waals surface area contributed by atoms with Crippen LogP contribution in [0.1, 0.15) is 42.9 Å². The van der Waals surface area contributed by atoms with Crippen molar-refractivity contribution in [3.63, 3.8) is 0 Å². The second-order valence-electron chi connectivity index (χ2n) is 4.34. The van der Waals surface area contributed by atoms with E-state index >= 15 is 0 Å². The quantitative estimate of drug-likeness (QED) is 0.783. The van der Waals surface area contributed by atoms with Crippen molar-refractivity contribution in [1.29, 1.82) is 0 Å². The minimum absolute atomic E-state index is 0.130. The molecule has 0 radical (unpaired) electrons. The molecule has 1 aromatic carbocycles. The summed E-state index contributed by atoms with van der Waals surface area (Å²) in [6.45, 7) is 6.42. The molecule has 1 N–H and O–H groups in total. The summed E-state index contributed by atoms with van der Waals surface area (Å²) in [4.78, 5) is 0. The highest BCUT2D eigenvalue weighted by Gasteiger charge is 2.05. The highest BCUT2D eigenvalue weighted by atomic mass is 16.3. The van der Waals surface area contributed by atoms with Crippen molar-refractivity contribution in [2.24, 2.45) is 0 Å². The predicted octanol–water partition coefficient (Wildman–Crippen LogP) is 3.40. The van der Waals surface area contributed by atoms with Gasteiger partial charge in [-0.05, 0) is 49.8 Å². The maximum absolute atomic E-state index is 9.67. The molecule has 0 bridgehead atoms. The Labute approximate surface area is 93.1 Å². The average molecular weight is 206 g/mol. The standard InChI is InChI=1S/C14H22O/c1-4-6-14(15)10-9-13-8-5-7-11(2)12(13)3/h5,7-8,14-15H,4,6,9-10H2,1-3H3. The summed E-state index contributed by atoms with van der Waals surface area (Å²) in [5.41, 5.74) is 4.10. The molecule has 1 heteroatoms. The molecule has 0 fully saturated rings. The molecule has 1 unspecified atom stereocenters. The lowest BCUT2D eigenvalue weighted by Gasteiger charge is -2.11. The van der Waals surface area contributed by atoms with Crippen LogP contribution in [0.5, 0.6) is 0 Å². The third-order valence-electron chi connectivity index (χ3n) is 3.09. The van der Waals surface area contributed by atoms with Crippen LogP contribution >= 0.6 is 0 Å². The summed E-state index contributed by atoms with van der Waals surface area (Å²) in [6.07, 6.45) is 3.74. The van der Waals surface area contributed by atoms with Gasteiger partial charge in [0, 0.05) is 0 Å². The minimum Gasteiger partial charge on any atom is -0.393 e. The van der Waals surface area contributed by atoms with E-state index in [9.17, 15) is 5.11 Å². The Morgan fingerprint density at radius 2 is 1.93 bits per heavy atom. The second-order valence-corrected chi connectivity index (χ2v) is 4.34. The third kappa shape index (κ3) is 3.67. The summed E-state index contributed by atoms with van der Waals surface area (Å²) in [5.74, 6) is 0. The number of hydrogen-bond donors (Lipinski definition) is 1. The van der Waals surface area contributed by atoms with Gasteiger partial charge in [0.15, 0.2) is 0 Å². The highest BCUT2D eigenvalue weighted by Crippen LogP contribution is 2.16. The van der Waals surface area contributed by atoms with Gasteiger partial charge in [-0.25, -0.2) is 0 Å². The van der Waals surface area contributed by atoms with Gasteiger partial charge in [0.2, 0.25) is 0 Å².